The molecule has 1 fully saturated rings. The highest BCUT2D eigenvalue weighted by atomic mass is 35.5. The molecule has 2 atom stereocenters. The summed E-state index contributed by atoms with van der Waals surface area (Å²) in [5, 5.41) is 3.18. The van der Waals surface area contributed by atoms with Crippen molar-refractivity contribution in [1.82, 2.24) is 10.2 Å². The number of imide groups is 1. The Hall–Kier alpha value is -1.39. The molecular formula is C16H19ClN2O2. The van der Waals surface area contributed by atoms with E-state index in [9.17, 15) is 9.59 Å². The maximum absolute atomic E-state index is 12.3. The molecule has 0 aliphatic carbocycles. The minimum Gasteiger partial charge on any atom is -0.317 e. The van der Waals surface area contributed by atoms with Crippen LogP contribution in [0.4, 0.5) is 0 Å². The number of alkyl halides is 1. The van der Waals surface area contributed by atoms with E-state index in [4.69, 9.17) is 11.6 Å². The summed E-state index contributed by atoms with van der Waals surface area (Å²) in [7, 11) is 0. The van der Waals surface area contributed by atoms with Crippen LogP contribution in [-0.4, -0.2) is 41.7 Å². The average molecular weight is 307 g/mol. The summed E-state index contributed by atoms with van der Waals surface area (Å²) in [5.74, 6) is -0.0769. The smallest absolute Gasteiger partial charge is 0.261 e. The summed E-state index contributed by atoms with van der Waals surface area (Å²) in [6, 6.07) is 6.97. The van der Waals surface area contributed by atoms with E-state index in [-0.39, 0.29) is 17.2 Å². The van der Waals surface area contributed by atoms with Crippen molar-refractivity contribution < 1.29 is 9.59 Å². The number of hydrogen-bond acceptors (Lipinski definition) is 3. The van der Waals surface area contributed by atoms with Crippen LogP contribution in [0.3, 0.4) is 0 Å². The van der Waals surface area contributed by atoms with E-state index in [1.807, 2.05) is 0 Å². The Morgan fingerprint density at radius 3 is 2.48 bits per heavy atom. The zero-order valence-electron chi connectivity index (χ0n) is 11.8. The number of halogens is 1. The lowest BCUT2D eigenvalue weighted by atomic mass is 9.96. The zero-order chi connectivity index (χ0) is 14.8. The van der Waals surface area contributed by atoms with Gasteiger partial charge in [-0.1, -0.05) is 12.1 Å². The van der Waals surface area contributed by atoms with Gasteiger partial charge in [-0.2, -0.15) is 0 Å². The molecule has 1 aromatic rings. The first kappa shape index (κ1) is 14.5. The highest BCUT2D eigenvalue weighted by Gasteiger charge is 2.37. The van der Waals surface area contributed by atoms with Crippen molar-refractivity contribution in [1.29, 1.82) is 0 Å². The second-order valence-electron chi connectivity index (χ2n) is 5.72. The van der Waals surface area contributed by atoms with Crippen molar-refractivity contribution in [3.05, 3.63) is 35.4 Å². The molecule has 0 bridgehead atoms. The van der Waals surface area contributed by atoms with Gasteiger partial charge < -0.3 is 5.32 Å². The summed E-state index contributed by atoms with van der Waals surface area (Å²) >= 11 is 6.51. The van der Waals surface area contributed by atoms with E-state index >= 15 is 0 Å². The van der Waals surface area contributed by atoms with Gasteiger partial charge in [-0.25, -0.2) is 0 Å². The van der Waals surface area contributed by atoms with Crippen LogP contribution in [0.1, 0.15) is 40.0 Å². The number of carbonyl (C=O) groups is 2. The second kappa shape index (κ2) is 6.16. The molecule has 21 heavy (non-hydrogen) atoms. The van der Waals surface area contributed by atoms with E-state index in [2.05, 4.69) is 5.32 Å². The molecule has 1 N–H and O–H groups in total. The number of nitrogens with one attached hydrogen (secondary N) is 1. The highest BCUT2D eigenvalue weighted by Crippen LogP contribution is 2.27. The molecule has 112 valence electrons. The third-order valence-corrected chi connectivity index (χ3v) is 4.86. The van der Waals surface area contributed by atoms with Crippen molar-refractivity contribution in [3.63, 3.8) is 0 Å². The van der Waals surface area contributed by atoms with Gasteiger partial charge in [0.2, 0.25) is 0 Å². The molecular weight excluding hydrogens is 288 g/mol. The molecule has 2 aliphatic rings. The molecule has 2 amide bonds. The monoisotopic (exact) mass is 306 g/mol. The molecule has 5 heteroatoms. The fourth-order valence-corrected chi connectivity index (χ4v) is 3.53. The van der Waals surface area contributed by atoms with Gasteiger partial charge in [-0.05, 0) is 50.4 Å². The SMILES string of the molecule is O=C1c2ccccc2C(=O)N1CC(Cl)C1CCCNCC1. The van der Waals surface area contributed by atoms with Crippen LogP contribution in [0.15, 0.2) is 24.3 Å². The van der Waals surface area contributed by atoms with Gasteiger partial charge >= 0.3 is 0 Å². The molecule has 0 radical (unpaired) electrons. The Bertz CT molecular complexity index is 518. The first-order chi connectivity index (χ1) is 10.2. The quantitative estimate of drug-likeness (QED) is 0.688. The van der Waals surface area contributed by atoms with Crippen LogP contribution in [-0.2, 0) is 0 Å². The summed E-state index contributed by atoms with van der Waals surface area (Å²) < 4.78 is 0. The minimum absolute atomic E-state index is 0.174. The van der Waals surface area contributed by atoms with Crippen molar-refractivity contribution in [3.8, 4) is 0 Å². The number of amides is 2. The highest BCUT2D eigenvalue weighted by molar-refractivity contribution is 6.24. The fourth-order valence-electron chi connectivity index (χ4n) is 3.14. The molecule has 0 saturated carbocycles. The molecule has 2 unspecified atom stereocenters. The molecule has 1 aromatic carbocycles. The van der Waals surface area contributed by atoms with Crippen LogP contribution in [0.25, 0.3) is 0 Å². The van der Waals surface area contributed by atoms with Crippen LogP contribution in [0.2, 0.25) is 0 Å². The van der Waals surface area contributed by atoms with Gasteiger partial charge in [-0.15, -0.1) is 11.6 Å². The van der Waals surface area contributed by atoms with Crippen molar-refractivity contribution in [2.24, 2.45) is 5.92 Å². The fraction of sp³-hybridized carbons (Fsp3) is 0.500. The number of benzene rings is 1. The summed E-state index contributed by atoms with van der Waals surface area (Å²) in [6.07, 6.45) is 3.14. The molecule has 2 heterocycles. The van der Waals surface area contributed by atoms with Crippen LogP contribution in [0, 0.1) is 5.92 Å². The number of nitrogens with zero attached hydrogens (tertiary/aromatic N) is 1. The third kappa shape index (κ3) is 2.83. The van der Waals surface area contributed by atoms with Crippen LogP contribution in [0.5, 0.6) is 0 Å². The van der Waals surface area contributed by atoms with E-state index < -0.39 is 0 Å². The average Bonchev–Trinajstić information content (AvgIpc) is 2.72. The predicted molar refractivity (Wildman–Crippen MR) is 81.7 cm³/mol. The first-order valence-electron chi connectivity index (χ1n) is 7.48. The maximum Gasteiger partial charge on any atom is 0.261 e. The van der Waals surface area contributed by atoms with Gasteiger partial charge in [0.05, 0.1) is 16.5 Å². The predicted octanol–water partition coefficient (Wildman–Crippen LogP) is 2.28. The maximum atomic E-state index is 12.3. The number of carbonyl (C=O) groups excluding carboxylic acids is 2. The Morgan fingerprint density at radius 2 is 1.81 bits per heavy atom. The Kier molecular flexibility index (Phi) is 4.27. The summed E-state index contributed by atoms with van der Waals surface area (Å²) in [6.45, 7) is 2.28. The Balaban J connectivity index is 1.71. The molecule has 1 saturated heterocycles. The largest absolute Gasteiger partial charge is 0.317 e. The lowest BCUT2D eigenvalue weighted by Gasteiger charge is -2.24. The topological polar surface area (TPSA) is 49.4 Å². The van der Waals surface area contributed by atoms with Crippen LogP contribution < -0.4 is 5.32 Å². The number of fused-ring (bicyclic) bond motifs is 1. The molecule has 0 spiro atoms. The van der Waals surface area contributed by atoms with Crippen LogP contribution >= 0.6 is 11.6 Å². The van der Waals surface area contributed by atoms with Gasteiger partial charge in [0, 0.05) is 6.54 Å². The van der Waals surface area contributed by atoms with E-state index in [0.29, 0.717) is 23.6 Å². The Labute approximate surface area is 129 Å². The molecule has 0 aromatic heterocycles. The zero-order valence-corrected chi connectivity index (χ0v) is 12.6. The van der Waals surface area contributed by atoms with Gasteiger partial charge in [0.25, 0.3) is 11.8 Å². The van der Waals surface area contributed by atoms with Crippen molar-refractivity contribution >= 4 is 23.4 Å². The van der Waals surface area contributed by atoms with Crippen molar-refractivity contribution in [2.45, 2.75) is 24.6 Å². The molecule has 4 nitrogen and oxygen atoms in total. The van der Waals surface area contributed by atoms with E-state index in [1.165, 1.54) is 4.90 Å². The lowest BCUT2D eigenvalue weighted by Crippen LogP contribution is -2.38. The second-order valence-corrected chi connectivity index (χ2v) is 6.28. The third-order valence-electron chi connectivity index (χ3n) is 4.37. The summed E-state index contributed by atoms with van der Waals surface area (Å²) in [4.78, 5) is 26.0. The number of hydrogen-bond donors (Lipinski definition) is 1. The van der Waals surface area contributed by atoms with Gasteiger partial charge in [0.1, 0.15) is 0 Å². The van der Waals surface area contributed by atoms with E-state index in [0.717, 1.165) is 32.4 Å². The normalized spacial score (nSPS) is 23.9. The summed E-state index contributed by atoms with van der Waals surface area (Å²) in [5.41, 5.74) is 0.989. The standard InChI is InChI=1S/C16H19ClN2O2/c17-14(11-4-3-8-18-9-7-11)10-19-15(20)12-5-1-2-6-13(12)16(19)21/h1-2,5-6,11,14,18H,3-4,7-10H2. The van der Waals surface area contributed by atoms with E-state index in [1.54, 1.807) is 24.3 Å². The molecule has 2 aliphatic heterocycles. The van der Waals surface area contributed by atoms with Crippen molar-refractivity contribution in [2.75, 3.05) is 19.6 Å². The molecule has 3 rings (SSSR count). The Morgan fingerprint density at radius 1 is 1.14 bits per heavy atom. The van der Waals surface area contributed by atoms with Gasteiger partial charge in [0.15, 0.2) is 0 Å². The first-order valence-corrected chi connectivity index (χ1v) is 7.92. The lowest BCUT2D eigenvalue weighted by molar-refractivity contribution is 0.0646. The van der Waals surface area contributed by atoms with Gasteiger partial charge in [-0.3, -0.25) is 14.5 Å². The number of rotatable bonds is 3. The minimum atomic E-state index is -0.215.